The number of carbonyl (C=O) groups excluding carboxylic acids is 2. The lowest BCUT2D eigenvalue weighted by molar-refractivity contribution is -0.120. The molecule has 0 radical (unpaired) electrons. The topological polar surface area (TPSA) is 49.4 Å². The number of hydrogen-bond acceptors (Lipinski definition) is 3. The summed E-state index contributed by atoms with van der Waals surface area (Å²) in [5.74, 6) is -0.814. The molecule has 1 aliphatic heterocycles. The second kappa shape index (κ2) is 8.22. The number of benzene rings is 3. The predicted octanol–water partition coefficient (Wildman–Crippen LogP) is 6.32. The van der Waals surface area contributed by atoms with Gasteiger partial charge in [-0.15, -0.1) is 0 Å². The quantitative estimate of drug-likeness (QED) is 0.473. The van der Waals surface area contributed by atoms with Gasteiger partial charge in [-0.1, -0.05) is 47.5 Å². The van der Waals surface area contributed by atoms with Gasteiger partial charge < -0.3 is 5.32 Å². The average Bonchev–Trinajstić information content (AvgIpc) is 2.97. The lowest BCUT2D eigenvalue weighted by Crippen LogP contribution is -2.32. The molecule has 4 rings (SSSR count). The van der Waals surface area contributed by atoms with Gasteiger partial charge in [-0.05, 0) is 79.4 Å². The zero-order valence-electron chi connectivity index (χ0n) is 17.3. The van der Waals surface area contributed by atoms with Crippen molar-refractivity contribution >= 4 is 52.0 Å². The Hall–Kier alpha value is -3.08. The Balaban J connectivity index is 1.83. The third-order valence-electron chi connectivity index (χ3n) is 5.41. The maximum atomic E-state index is 13.5. The molecule has 6 heteroatoms. The summed E-state index contributed by atoms with van der Waals surface area (Å²) in [5, 5.41) is 4.25. The largest absolute Gasteiger partial charge is 0.350 e. The van der Waals surface area contributed by atoms with E-state index in [-0.39, 0.29) is 11.3 Å². The number of nitrogens with zero attached hydrogens (tertiary/aromatic N) is 1. The molecule has 3 aromatic carbocycles. The zero-order valence-corrected chi connectivity index (χ0v) is 18.8. The van der Waals surface area contributed by atoms with Crippen LogP contribution in [0.15, 0.2) is 66.4 Å². The zero-order chi connectivity index (χ0) is 22.3. The molecule has 0 bridgehead atoms. The lowest BCUT2D eigenvalue weighted by Gasteiger charge is -2.17. The lowest BCUT2D eigenvalue weighted by atomic mass is 10.0. The predicted molar refractivity (Wildman–Crippen MR) is 127 cm³/mol. The molecular formula is C25H20Cl2N2O2. The normalized spacial score (nSPS) is 13.9. The first kappa shape index (κ1) is 21.2. The molecule has 31 heavy (non-hydrogen) atoms. The second-order valence-corrected chi connectivity index (χ2v) is 8.40. The van der Waals surface area contributed by atoms with E-state index in [1.54, 1.807) is 36.4 Å². The Morgan fingerprint density at radius 1 is 0.742 bits per heavy atom. The molecule has 0 spiro atoms. The summed E-state index contributed by atoms with van der Waals surface area (Å²) >= 11 is 12.3. The molecular weight excluding hydrogens is 431 g/mol. The first-order valence-corrected chi connectivity index (χ1v) is 10.5. The van der Waals surface area contributed by atoms with Crippen LogP contribution < -0.4 is 10.2 Å². The summed E-state index contributed by atoms with van der Waals surface area (Å²) in [6.07, 6.45) is 0. The molecule has 0 aromatic heterocycles. The number of anilines is 2. The van der Waals surface area contributed by atoms with Crippen LogP contribution in [0.2, 0.25) is 10.0 Å². The number of aryl methyl sites for hydroxylation is 3. The Kier molecular flexibility index (Phi) is 5.61. The molecule has 2 amide bonds. The van der Waals surface area contributed by atoms with Crippen LogP contribution in [0.3, 0.4) is 0 Å². The van der Waals surface area contributed by atoms with Crippen molar-refractivity contribution in [3.63, 3.8) is 0 Å². The van der Waals surface area contributed by atoms with E-state index in [1.807, 2.05) is 45.0 Å². The number of carbonyl (C=O) groups is 2. The maximum absolute atomic E-state index is 13.5. The second-order valence-electron chi connectivity index (χ2n) is 7.56. The van der Waals surface area contributed by atoms with Crippen LogP contribution in [-0.2, 0) is 9.59 Å². The fourth-order valence-corrected chi connectivity index (χ4v) is 3.75. The number of nitrogens with one attached hydrogen (secondary N) is 1. The third kappa shape index (κ3) is 3.97. The number of halogens is 2. The van der Waals surface area contributed by atoms with Gasteiger partial charge in [0.25, 0.3) is 11.8 Å². The molecule has 4 nitrogen and oxygen atoms in total. The highest BCUT2D eigenvalue weighted by molar-refractivity contribution is 6.46. The van der Waals surface area contributed by atoms with Crippen molar-refractivity contribution in [1.82, 2.24) is 0 Å². The Labute approximate surface area is 191 Å². The maximum Gasteiger partial charge on any atom is 0.282 e. The molecule has 1 N–H and O–H groups in total. The van der Waals surface area contributed by atoms with Crippen molar-refractivity contribution in [2.45, 2.75) is 20.8 Å². The van der Waals surface area contributed by atoms with Crippen molar-refractivity contribution < 1.29 is 9.59 Å². The summed E-state index contributed by atoms with van der Waals surface area (Å²) in [5.41, 5.74) is 5.25. The molecule has 0 aliphatic carbocycles. The minimum atomic E-state index is -0.421. The molecule has 0 atom stereocenters. The first-order chi connectivity index (χ1) is 14.8. The number of hydrogen-bond donors (Lipinski definition) is 1. The van der Waals surface area contributed by atoms with E-state index in [9.17, 15) is 9.59 Å². The minimum Gasteiger partial charge on any atom is -0.350 e. The van der Waals surface area contributed by atoms with Crippen LogP contribution in [-0.4, -0.2) is 11.8 Å². The van der Waals surface area contributed by atoms with E-state index in [0.717, 1.165) is 16.7 Å². The van der Waals surface area contributed by atoms with E-state index in [1.165, 1.54) is 4.90 Å². The number of amides is 2. The van der Waals surface area contributed by atoms with Crippen molar-refractivity contribution in [1.29, 1.82) is 0 Å². The van der Waals surface area contributed by atoms with E-state index in [4.69, 9.17) is 23.2 Å². The highest BCUT2D eigenvalue weighted by Gasteiger charge is 2.40. The fraction of sp³-hybridized carbons (Fsp3) is 0.120. The van der Waals surface area contributed by atoms with Crippen molar-refractivity contribution in [2.24, 2.45) is 0 Å². The highest BCUT2D eigenvalue weighted by atomic mass is 35.5. The molecule has 1 heterocycles. The fourth-order valence-electron chi connectivity index (χ4n) is 3.44. The summed E-state index contributed by atoms with van der Waals surface area (Å²) in [4.78, 5) is 28.1. The van der Waals surface area contributed by atoms with Crippen LogP contribution in [0, 0.1) is 20.8 Å². The van der Waals surface area contributed by atoms with Crippen LogP contribution in [0.5, 0.6) is 0 Å². The summed E-state index contributed by atoms with van der Waals surface area (Å²) in [7, 11) is 0. The van der Waals surface area contributed by atoms with Crippen molar-refractivity contribution in [2.75, 3.05) is 10.2 Å². The van der Waals surface area contributed by atoms with Gasteiger partial charge in [0.05, 0.1) is 11.3 Å². The van der Waals surface area contributed by atoms with Gasteiger partial charge in [-0.3, -0.25) is 9.59 Å². The van der Waals surface area contributed by atoms with Gasteiger partial charge in [0.1, 0.15) is 5.70 Å². The molecule has 0 saturated carbocycles. The van der Waals surface area contributed by atoms with E-state index in [0.29, 0.717) is 27.0 Å². The summed E-state index contributed by atoms with van der Waals surface area (Å²) in [6, 6.07) is 17.8. The molecule has 156 valence electrons. The Morgan fingerprint density at radius 2 is 1.42 bits per heavy atom. The van der Waals surface area contributed by atoms with Gasteiger partial charge >= 0.3 is 0 Å². The highest BCUT2D eigenvalue weighted by Crippen LogP contribution is 2.35. The van der Waals surface area contributed by atoms with Crippen LogP contribution in [0.4, 0.5) is 11.4 Å². The van der Waals surface area contributed by atoms with E-state index >= 15 is 0 Å². The van der Waals surface area contributed by atoms with Gasteiger partial charge in [0, 0.05) is 15.7 Å². The standard InChI is InChI=1S/C25H20Cl2N2O2/c1-14-5-11-20(12-16(14)3)29-24(30)22(17-6-8-18(26)9-7-17)23(25(29)31)28-19-10-4-15(2)21(27)13-19/h4-13,28H,1-3H3. The first-order valence-electron chi connectivity index (χ1n) is 9.75. The monoisotopic (exact) mass is 450 g/mol. The van der Waals surface area contributed by atoms with Gasteiger partial charge in [-0.2, -0.15) is 0 Å². The average molecular weight is 451 g/mol. The van der Waals surface area contributed by atoms with Crippen molar-refractivity contribution in [3.8, 4) is 0 Å². The van der Waals surface area contributed by atoms with Gasteiger partial charge in [-0.25, -0.2) is 4.90 Å². The number of imide groups is 1. The van der Waals surface area contributed by atoms with Gasteiger partial charge in [0.2, 0.25) is 0 Å². The molecule has 3 aromatic rings. The summed E-state index contributed by atoms with van der Waals surface area (Å²) < 4.78 is 0. The Morgan fingerprint density at radius 3 is 2.06 bits per heavy atom. The van der Waals surface area contributed by atoms with E-state index in [2.05, 4.69) is 5.32 Å². The van der Waals surface area contributed by atoms with Crippen molar-refractivity contribution in [3.05, 3.63) is 98.7 Å². The van der Waals surface area contributed by atoms with Crippen LogP contribution in [0.25, 0.3) is 5.57 Å². The van der Waals surface area contributed by atoms with Crippen LogP contribution in [0.1, 0.15) is 22.3 Å². The molecule has 0 saturated heterocycles. The molecule has 1 aliphatic rings. The van der Waals surface area contributed by atoms with Gasteiger partial charge in [0.15, 0.2) is 0 Å². The smallest absolute Gasteiger partial charge is 0.282 e. The third-order valence-corrected chi connectivity index (χ3v) is 6.07. The minimum absolute atomic E-state index is 0.200. The molecule has 0 fully saturated rings. The SMILES string of the molecule is Cc1ccc(N2C(=O)C(Nc3ccc(C)c(Cl)c3)=C(c3ccc(Cl)cc3)C2=O)cc1C. The van der Waals surface area contributed by atoms with E-state index < -0.39 is 11.8 Å². The Bertz CT molecular complexity index is 1250. The number of rotatable bonds is 4. The van der Waals surface area contributed by atoms with Crippen LogP contribution >= 0.6 is 23.2 Å². The molecule has 0 unspecified atom stereocenters. The summed E-state index contributed by atoms with van der Waals surface area (Å²) in [6.45, 7) is 5.83.